The zero-order chi connectivity index (χ0) is 9.02. The fourth-order valence-electron chi connectivity index (χ4n) is 1.30. The predicted molar refractivity (Wildman–Crippen MR) is 48.6 cm³/mol. The molecule has 0 rings (SSSR count). The third kappa shape index (κ3) is 3.21. The number of aliphatic hydroxyl groups excluding tert-OH is 1. The normalized spacial score (nSPS) is 17.5. The number of hydrogen-bond acceptors (Lipinski definition) is 2. The van der Waals surface area contributed by atoms with Crippen LogP contribution in [0.3, 0.4) is 0 Å². The van der Waals surface area contributed by atoms with E-state index in [-0.39, 0.29) is 6.61 Å². The first kappa shape index (κ1) is 10.9. The third-order valence-electron chi connectivity index (χ3n) is 2.50. The Bertz CT molecular complexity index is 102. The van der Waals surface area contributed by atoms with Crippen molar-refractivity contribution in [3.05, 3.63) is 0 Å². The van der Waals surface area contributed by atoms with E-state index in [1.807, 2.05) is 0 Å². The van der Waals surface area contributed by atoms with Crippen molar-refractivity contribution in [2.24, 2.45) is 11.8 Å². The molecule has 0 aliphatic carbocycles. The molecule has 0 fully saturated rings. The van der Waals surface area contributed by atoms with Crippen LogP contribution < -0.4 is 0 Å². The van der Waals surface area contributed by atoms with E-state index in [1.54, 1.807) is 0 Å². The fourth-order valence-corrected chi connectivity index (χ4v) is 1.30. The molecule has 0 spiro atoms. The zero-order valence-corrected chi connectivity index (χ0v) is 8.33. The summed E-state index contributed by atoms with van der Waals surface area (Å²) in [7, 11) is 4.10. The Balaban J connectivity index is 4.02. The third-order valence-corrected chi connectivity index (χ3v) is 2.50. The van der Waals surface area contributed by atoms with E-state index in [1.165, 1.54) is 0 Å². The van der Waals surface area contributed by atoms with E-state index in [4.69, 9.17) is 5.11 Å². The summed E-state index contributed by atoms with van der Waals surface area (Å²) in [6.07, 6.45) is 0. The highest BCUT2D eigenvalue weighted by atomic mass is 16.3. The first-order valence-corrected chi connectivity index (χ1v) is 4.28. The summed E-state index contributed by atoms with van der Waals surface area (Å²) in [4.78, 5) is 2.15. The summed E-state index contributed by atoms with van der Waals surface area (Å²) in [6.45, 7) is 6.75. The molecule has 0 heterocycles. The smallest absolute Gasteiger partial charge is 0.0476 e. The second kappa shape index (κ2) is 4.73. The minimum atomic E-state index is 0.289. The van der Waals surface area contributed by atoms with Crippen LogP contribution in [0.4, 0.5) is 0 Å². The van der Waals surface area contributed by atoms with E-state index >= 15 is 0 Å². The molecule has 1 N–H and O–H groups in total. The van der Waals surface area contributed by atoms with Gasteiger partial charge in [-0.1, -0.05) is 13.8 Å². The van der Waals surface area contributed by atoms with Crippen molar-refractivity contribution in [2.45, 2.75) is 26.8 Å². The van der Waals surface area contributed by atoms with Gasteiger partial charge in [0.05, 0.1) is 0 Å². The second-order valence-electron chi connectivity index (χ2n) is 3.79. The molecule has 0 amide bonds. The van der Waals surface area contributed by atoms with E-state index in [9.17, 15) is 0 Å². The standard InChI is InChI=1S/C9H21NO/c1-7(2)9(6-11)8(3)10(4)5/h7-9,11H,6H2,1-5H3. The topological polar surface area (TPSA) is 23.5 Å². The highest BCUT2D eigenvalue weighted by Crippen LogP contribution is 2.17. The minimum Gasteiger partial charge on any atom is -0.396 e. The van der Waals surface area contributed by atoms with Crippen molar-refractivity contribution in [1.29, 1.82) is 0 Å². The van der Waals surface area contributed by atoms with Crippen LogP contribution in [0.15, 0.2) is 0 Å². The maximum atomic E-state index is 9.09. The van der Waals surface area contributed by atoms with Gasteiger partial charge >= 0.3 is 0 Å². The van der Waals surface area contributed by atoms with Crippen LogP contribution in [-0.2, 0) is 0 Å². The molecule has 2 heteroatoms. The van der Waals surface area contributed by atoms with Crippen LogP contribution in [0.2, 0.25) is 0 Å². The maximum absolute atomic E-state index is 9.09. The van der Waals surface area contributed by atoms with Gasteiger partial charge in [0.1, 0.15) is 0 Å². The molecule has 0 bridgehead atoms. The van der Waals surface area contributed by atoms with Crippen LogP contribution >= 0.6 is 0 Å². The van der Waals surface area contributed by atoms with Gasteiger partial charge in [0.15, 0.2) is 0 Å². The molecule has 0 aliphatic heterocycles. The first-order valence-electron chi connectivity index (χ1n) is 4.28. The second-order valence-corrected chi connectivity index (χ2v) is 3.79. The fraction of sp³-hybridized carbons (Fsp3) is 1.00. The first-order chi connectivity index (χ1) is 5.00. The van der Waals surface area contributed by atoms with Crippen LogP contribution in [-0.4, -0.2) is 36.8 Å². The molecule has 11 heavy (non-hydrogen) atoms. The van der Waals surface area contributed by atoms with Gasteiger partial charge in [-0.15, -0.1) is 0 Å². The summed E-state index contributed by atoms with van der Waals surface area (Å²) < 4.78 is 0. The molecular weight excluding hydrogens is 138 g/mol. The van der Waals surface area contributed by atoms with E-state index in [0.717, 1.165) is 0 Å². The van der Waals surface area contributed by atoms with Crippen molar-refractivity contribution in [2.75, 3.05) is 20.7 Å². The van der Waals surface area contributed by atoms with Crippen molar-refractivity contribution in [1.82, 2.24) is 4.90 Å². The molecular formula is C9H21NO. The van der Waals surface area contributed by atoms with Crippen molar-refractivity contribution in [3.63, 3.8) is 0 Å². The molecule has 0 saturated carbocycles. The molecule has 0 aromatic carbocycles. The van der Waals surface area contributed by atoms with E-state index < -0.39 is 0 Å². The van der Waals surface area contributed by atoms with Gasteiger partial charge in [-0.3, -0.25) is 0 Å². The molecule has 0 aromatic rings. The number of rotatable bonds is 4. The molecule has 68 valence electrons. The monoisotopic (exact) mass is 159 g/mol. The summed E-state index contributed by atoms with van der Waals surface area (Å²) in [5.74, 6) is 0.947. The maximum Gasteiger partial charge on any atom is 0.0476 e. The summed E-state index contributed by atoms with van der Waals surface area (Å²) in [6, 6.07) is 0.458. The molecule has 0 aromatic heterocycles. The van der Waals surface area contributed by atoms with Crippen LogP contribution in [0.1, 0.15) is 20.8 Å². The van der Waals surface area contributed by atoms with E-state index in [2.05, 4.69) is 39.8 Å². The van der Waals surface area contributed by atoms with Gasteiger partial charge in [0.2, 0.25) is 0 Å². The van der Waals surface area contributed by atoms with Crippen LogP contribution in [0, 0.1) is 11.8 Å². The largest absolute Gasteiger partial charge is 0.396 e. The highest BCUT2D eigenvalue weighted by molar-refractivity contribution is 4.73. The summed E-state index contributed by atoms with van der Waals surface area (Å²) in [5.41, 5.74) is 0. The van der Waals surface area contributed by atoms with Crippen molar-refractivity contribution >= 4 is 0 Å². The highest BCUT2D eigenvalue weighted by Gasteiger charge is 2.20. The molecule has 0 aliphatic rings. The summed E-state index contributed by atoms with van der Waals surface area (Å²) in [5, 5.41) is 9.09. The van der Waals surface area contributed by atoms with Crippen LogP contribution in [0.5, 0.6) is 0 Å². The Morgan fingerprint density at radius 2 is 1.64 bits per heavy atom. The Morgan fingerprint density at radius 1 is 1.18 bits per heavy atom. The lowest BCUT2D eigenvalue weighted by atomic mass is 9.90. The lowest BCUT2D eigenvalue weighted by Gasteiger charge is -2.30. The van der Waals surface area contributed by atoms with Gasteiger partial charge in [-0.05, 0) is 32.9 Å². The quantitative estimate of drug-likeness (QED) is 0.666. The van der Waals surface area contributed by atoms with Gasteiger partial charge in [0, 0.05) is 12.6 Å². The van der Waals surface area contributed by atoms with Gasteiger partial charge in [0.25, 0.3) is 0 Å². The Labute approximate surface area is 70.2 Å². The Morgan fingerprint density at radius 3 is 1.73 bits per heavy atom. The predicted octanol–water partition coefficient (Wildman–Crippen LogP) is 1.20. The minimum absolute atomic E-state index is 0.289. The lowest BCUT2D eigenvalue weighted by molar-refractivity contribution is 0.110. The van der Waals surface area contributed by atoms with Gasteiger partial charge in [-0.2, -0.15) is 0 Å². The van der Waals surface area contributed by atoms with Crippen molar-refractivity contribution in [3.8, 4) is 0 Å². The lowest BCUT2D eigenvalue weighted by Crippen LogP contribution is -2.37. The molecule has 2 unspecified atom stereocenters. The molecule has 2 atom stereocenters. The number of aliphatic hydroxyl groups is 1. The van der Waals surface area contributed by atoms with E-state index in [0.29, 0.717) is 17.9 Å². The molecule has 2 nitrogen and oxygen atoms in total. The average molecular weight is 159 g/mol. The Hall–Kier alpha value is -0.0800. The SMILES string of the molecule is CC(C)C(CO)C(C)N(C)C. The molecule has 0 radical (unpaired) electrons. The Kier molecular flexibility index (Phi) is 4.69. The van der Waals surface area contributed by atoms with Gasteiger partial charge < -0.3 is 10.0 Å². The van der Waals surface area contributed by atoms with Gasteiger partial charge in [-0.25, -0.2) is 0 Å². The average Bonchev–Trinajstić information content (AvgIpc) is 1.88. The van der Waals surface area contributed by atoms with Crippen LogP contribution in [0.25, 0.3) is 0 Å². The number of hydrogen-bond donors (Lipinski definition) is 1. The zero-order valence-electron chi connectivity index (χ0n) is 8.33. The number of nitrogens with zero attached hydrogens (tertiary/aromatic N) is 1. The van der Waals surface area contributed by atoms with Crippen molar-refractivity contribution < 1.29 is 5.11 Å². The summed E-state index contributed by atoms with van der Waals surface area (Å²) >= 11 is 0. The molecule has 0 saturated heterocycles.